The van der Waals surface area contributed by atoms with Crippen LogP contribution in [-0.2, 0) is 0 Å². The summed E-state index contributed by atoms with van der Waals surface area (Å²) in [6, 6.07) is 3.59. The van der Waals surface area contributed by atoms with Gasteiger partial charge in [0.15, 0.2) is 0 Å². The molecule has 0 spiro atoms. The van der Waals surface area contributed by atoms with Gasteiger partial charge in [0.1, 0.15) is 11.5 Å². The minimum Gasteiger partial charge on any atom is -0.370 e. The average molecular weight is 298 g/mol. The van der Waals surface area contributed by atoms with E-state index in [0.717, 1.165) is 19.4 Å². The summed E-state index contributed by atoms with van der Waals surface area (Å²) in [7, 11) is 0. The predicted molar refractivity (Wildman–Crippen MR) is 84.4 cm³/mol. The number of rotatable bonds is 7. The third-order valence-electron chi connectivity index (χ3n) is 2.82. The van der Waals surface area contributed by atoms with E-state index in [1.165, 1.54) is 0 Å². The van der Waals surface area contributed by atoms with Crippen LogP contribution in [0.3, 0.4) is 0 Å². The molecule has 1 rings (SSSR count). The second-order valence-electron chi connectivity index (χ2n) is 5.46. The highest BCUT2D eigenvalue weighted by Crippen LogP contribution is 2.17. The number of carbonyl (C=O) groups excluding carboxylic acids is 1. The Bertz CT molecular complexity index is 449. The summed E-state index contributed by atoms with van der Waals surface area (Å²) in [5.74, 6) is 0.993. The summed E-state index contributed by atoms with van der Waals surface area (Å²) in [4.78, 5) is 16.5. The Morgan fingerprint density at radius 2 is 2.05 bits per heavy atom. The van der Waals surface area contributed by atoms with Crippen LogP contribution in [-0.4, -0.2) is 23.5 Å². The van der Waals surface area contributed by atoms with Crippen molar-refractivity contribution in [3.05, 3.63) is 22.8 Å². The highest BCUT2D eigenvalue weighted by molar-refractivity contribution is 6.33. The van der Waals surface area contributed by atoms with Crippen molar-refractivity contribution >= 4 is 23.3 Å². The fourth-order valence-corrected chi connectivity index (χ4v) is 2.20. The molecule has 0 aliphatic rings. The van der Waals surface area contributed by atoms with E-state index in [0.29, 0.717) is 16.8 Å². The van der Waals surface area contributed by atoms with Gasteiger partial charge in [-0.15, -0.1) is 0 Å². The van der Waals surface area contributed by atoms with Crippen molar-refractivity contribution in [3.63, 3.8) is 0 Å². The Labute approximate surface area is 126 Å². The highest BCUT2D eigenvalue weighted by Gasteiger charge is 2.16. The first-order valence-electron chi connectivity index (χ1n) is 7.15. The molecule has 5 heteroatoms. The minimum atomic E-state index is -0.219. The number of hydrogen-bond acceptors (Lipinski definition) is 3. The molecule has 0 fully saturated rings. The average Bonchev–Trinajstić information content (AvgIpc) is 2.36. The maximum absolute atomic E-state index is 12.2. The zero-order valence-electron chi connectivity index (χ0n) is 12.7. The molecule has 0 aromatic carbocycles. The van der Waals surface area contributed by atoms with Gasteiger partial charge in [-0.25, -0.2) is 4.98 Å². The van der Waals surface area contributed by atoms with E-state index < -0.39 is 0 Å². The zero-order valence-corrected chi connectivity index (χ0v) is 13.4. The van der Waals surface area contributed by atoms with Gasteiger partial charge < -0.3 is 10.6 Å². The zero-order chi connectivity index (χ0) is 15.1. The molecule has 1 amide bonds. The minimum absolute atomic E-state index is 0.104. The lowest BCUT2D eigenvalue weighted by Crippen LogP contribution is -2.34. The van der Waals surface area contributed by atoms with Crippen molar-refractivity contribution in [1.82, 2.24) is 10.3 Å². The molecule has 112 valence electrons. The number of aromatic nitrogens is 1. The topological polar surface area (TPSA) is 54.0 Å². The van der Waals surface area contributed by atoms with Crippen molar-refractivity contribution in [2.75, 3.05) is 11.9 Å². The number of nitrogens with zero attached hydrogens (tertiary/aromatic N) is 1. The van der Waals surface area contributed by atoms with Gasteiger partial charge in [0.25, 0.3) is 5.91 Å². The molecule has 4 nitrogen and oxygen atoms in total. The Kier molecular flexibility index (Phi) is 6.79. The quantitative estimate of drug-likeness (QED) is 0.806. The van der Waals surface area contributed by atoms with Crippen molar-refractivity contribution in [3.8, 4) is 0 Å². The molecule has 2 N–H and O–H groups in total. The summed E-state index contributed by atoms with van der Waals surface area (Å²) in [5, 5.41) is 6.47. The standard InChI is InChI=1S/C15H24ClN3O/c1-5-8-17-13-7-6-12(16)14(19-13)15(20)18-11(4)9-10(2)3/h6-7,10-11H,5,8-9H2,1-4H3,(H,17,19)(H,18,20). The predicted octanol–water partition coefficient (Wildman–Crippen LogP) is 3.72. The number of pyridine rings is 1. The molecule has 0 saturated heterocycles. The summed E-state index contributed by atoms with van der Waals surface area (Å²) >= 11 is 6.06. The summed E-state index contributed by atoms with van der Waals surface area (Å²) in [6.45, 7) is 9.14. The van der Waals surface area contributed by atoms with Gasteiger partial charge in [-0.3, -0.25) is 4.79 Å². The monoisotopic (exact) mass is 297 g/mol. The highest BCUT2D eigenvalue weighted by atomic mass is 35.5. The van der Waals surface area contributed by atoms with E-state index in [9.17, 15) is 4.79 Å². The molecule has 0 aliphatic heterocycles. The molecule has 1 aromatic heterocycles. The summed E-state index contributed by atoms with van der Waals surface area (Å²) < 4.78 is 0. The van der Waals surface area contributed by atoms with Gasteiger partial charge >= 0.3 is 0 Å². The molecule has 1 unspecified atom stereocenters. The molecule has 1 aromatic rings. The number of anilines is 1. The van der Waals surface area contributed by atoms with E-state index >= 15 is 0 Å². The fourth-order valence-electron chi connectivity index (χ4n) is 2.01. The first-order chi connectivity index (χ1) is 9.43. The van der Waals surface area contributed by atoms with Crippen LogP contribution in [0.25, 0.3) is 0 Å². The van der Waals surface area contributed by atoms with E-state index in [1.54, 1.807) is 12.1 Å². The summed E-state index contributed by atoms with van der Waals surface area (Å²) in [6.07, 6.45) is 1.92. The van der Waals surface area contributed by atoms with Crippen LogP contribution in [0.5, 0.6) is 0 Å². The molecular weight excluding hydrogens is 274 g/mol. The molecule has 0 aliphatic carbocycles. The lowest BCUT2D eigenvalue weighted by Gasteiger charge is -2.16. The molecule has 1 atom stereocenters. The Hall–Kier alpha value is -1.29. The van der Waals surface area contributed by atoms with Crippen LogP contribution in [0.2, 0.25) is 5.02 Å². The largest absolute Gasteiger partial charge is 0.370 e. The van der Waals surface area contributed by atoms with Crippen LogP contribution >= 0.6 is 11.6 Å². The maximum atomic E-state index is 12.2. The van der Waals surface area contributed by atoms with Gasteiger partial charge in [-0.05, 0) is 37.8 Å². The lowest BCUT2D eigenvalue weighted by atomic mass is 10.1. The van der Waals surface area contributed by atoms with Gasteiger partial charge in [-0.2, -0.15) is 0 Å². The molecule has 0 bridgehead atoms. The van der Waals surface area contributed by atoms with E-state index in [2.05, 4.69) is 36.4 Å². The van der Waals surface area contributed by atoms with Crippen LogP contribution in [0.1, 0.15) is 51.0 Å². The molecule has 0 saturated carbocycles. The lowest BCUT2D eigenvalue weighted by molar-refractivity contribution is 0.0931. The Morgan fingerprint density at radius 3 is 2.65 bits per heavy atom. The van der Waals surface area contributed by atoms with E-state index in [4.69, 9.17) is 11.6 Å². The number of halogens is 1. The molecule has 20 heavy (non-hydrogen) atoms. The van der Waals surface area contributed by atoms with Crippen LogP contribution in [0.4, 0.5) is 5.82 Å². The van der Waals surface area contributed by atoms with Crippen LogP contribution < -0.4 is 10.6 Å². The number of carbonyl (C=O) groups is 1. The SMILES string of the molecule is CCCNc1ccc(Cl)c(C(=O)NC(C)CC(C)C)n1. The van der Waals surface area contributed by atoms with Crippen molar-refractivity contribution in [1.29, 1.82) is 0 Å². The van der Waals surface area contributed by atoms with Gasteiger partial charge in [-0.1, -0.05) is 32.4 Å². The number of amides is 1. The van der Waals surface area contributed by atoms with Crippen molar-refractivity contribution < 1.29 is 4.79 Å². The van der Waals surface area contributed by atoms with Crippen molar-refractivity contribution in [2.45, 2.75) is 46.6 Å². The number of nitrogens with one attached hydrogen (secondary N) is 2. The van der Waals surface area contributed by atoms with Gasteiger partial charge in [0.05, 0.1) is 5.02 Å². The van der Waals surface area contributed by atoms with Gasteiger partial charge in [0.2, 0.25) is 0 Å². The third-order valence-corrected chi connectivity index (χ3v) is 3.12. The van der Waals surface area contributed by atoms with E-state index in [-0.39, 0.29) is 17.6 Å². The van der Waals surface area contributed by atoms with Crippen molar-refractivity contribution in [2.24, 2.45) is 5.92 Å². The normalized spacial score (nSPS) is 12.3. The van der Waals surface area contributed by atoms with Crippen LogP contribution in [0, 0.1) is 5.92 Å². The van der Waals surface area contributed by atoms with Crippen LogP contribution in [0.15, 0.2) is 12.1 Å². The smallest absolute Gasteiger partial charge is 0.271 e. The Morgan fingerprint density at radius 1 is 1.35 bits per heavy atom. The number of hydrogen-bond donors (Lipinski definition) is 2. The molecule has 0 radical (unpaired) electrons. The van der Waals surface area contributed by atoms with Gasteiger partial charge in [0, 0.05) is 12.6 Å². The van der Waals surface area contributed by atoms with E-state index in [1.807, 2.05) is 6.92 Å². The maximum Gasteiger partial charge on any atom is 0.271 e. The molecule has 1 heterocycles. The molecular formula is C15H24ClN3O. The summed E-state index contributed by atoms with van der Waals surface area (Å²) in [5.41, 5.74) is 0.281. The first kappa shape index (κ1) is 16.8. The third kappa shape index (κ3) is 5.37. The second kappa shape index (κ2) is 8.10. The Balaban J connectivity index is 2.75. The second-order valence-corrected chi connectivity index (χ2v) is 5.86. The fraction of sp³-hybridized carbons (Fsp3) is 0.600. The first-order valence-corrected chi connectivity index (χ1v) is 7.53.